The molecule has 0 aromatic heterocycles. The topological polar surface area (TPSA) is 46.2 Å². The van der Waals surface area contributed by atoms with Gasteiger partial charge in [0.05, 0.1) is 0 Å². The molecule has 4 heteroatoms. The van der Waals surface area contributed by atoms with Gasteiger partial charge in [0.25, 0.3) is 0 Å². The van der Waals surface area contributed by atoms with E-state index >= 15 is 0 Å². The van der Waals surface area contributed by atoms with Gasteiger partial charge in [0, 0.05) is 35.8 Å². The van der Waals surface area contributed by atoms with Gasteiger partial charge in [0.2, 0.25) is 5.91 Å². The average molecular weight is 191 g/mol. The first kappa shape index (κ1) is 11.6. The molecule has 0 heterocycles. The van der Waals surface area contributed by atoms with Crippen molar-refractivity contribution in [3.05, 3.63) is 0 Å². The van der Waals surface area contributed by atoms with E-state index in [-0.39, 0.29) is 5.91 Å². The van der Waals surface area contributed by atoms with E-state index in [1.807, 2.05) is 6.92 Å². The molecule has 0 aliphatic heterocycles. The van der Waals surface area contributed by atoms with Crippen LogP contribution in [-0.4, -0.2) is 28.7 Å². The standard InChI is InChI=1S/C8H17NO2S/c1-3-5-8(10)9-6-4-7-12(2)11/h3-7H2,1-2H3,(H,9,10). The van der Waals surface area contributed by atoms with E-state index in [0.717, 1.165) is 12.8 Å². The minimum absolute atomic E-state index is 0.0967. The van der Waals surface area contributed by atoms with Crippen LogP contribution in [0.5, 0.6) is 0 Å². The van der Waals surface area contributed by atoms with E-state index in [1.54, 1.807) is 6.26 Å². The summed E-state index contributed by atoms with van der Waals surface area (Å²) in [6, 6.07) is 0. The van der Waals surface area contributed by atoms with Crippen LogP contribution in [0, 0.1) is 0 Å². The zero-order valence-corrected chi connectivity index (χ0v) is 8.58. The number of carbonyl (C=O) groups is 1. The van der Waals surface area contributed by atoms with Gasteiger partial charge in [0.1, 0.15) is 0 Å². The normalized spacial score (nSPS) is 12.5. The second-order valence-corrected chi connectivity index (χ2v) is 4.29. The molecule has 0 saturated heterocycles. The number of hydrogen-bond donors (Lipinski definition) is 1. The smallest absolute Gasteiger partial charge is 0.219 e. The molecule has 0 radical (unpaired) electrons. The lowest BCUT2D eigenvalue weighted by Gasteiger charge is -2.02. The summed E-state index contributed by atoms with van der Waals surface area (Å²) in [4.78, 5) is 10.9. The number of hydrogen-bond acceptors (Lipinski definition) is 2. The van der Waals surface area contributed by atoms with Crippen LogP contribution in [0.15, 0.2) is 0 Å². The molecule has 0 saturated carbocycles. The van der Waals surface area contributed by atoms with Crippen molar-refractivity contribution < 1.29 is 9.00 Å². The van der Waals surface area contributed by atoms with E-state index in [1.165, 1.54) is 0 Å². The molecule has 1 N–H and O–H groups in total. The van der Waals surface area contributed by atoms with Gasteiger partial charge in [-0.1, -0.05) is 6.92 Å². The molecule has 3 nitrogen and oxygen atoms in total. The Balaban J connectivity index is 3.19. The Kier molecular flexibility index (Phi) is 7.05. The Labute approximate surface area is 76.4 Å². The van der Waals surface area contributed by atoms with E-state index in [2.05, 4.69) is 5.32 Å². The van der Waals surface area contributed by atoms with Crippen LogP contribution in [0.3, 0.4) is 0 Å². The molecule has 0 rings (SSSR count). The van der Waals surface area contributed by atoms with Gasteiger partial charge in [-0.05, 0) is 12.8 Å². The zero-order chi connectivity index (χ0) is 9.40. The van der Waals surface area contributed by atoms with Crippen molar-refractivity contribution >= 4 is 16.7 Å². The van der Waals surface area contributed by atoms with Gasteiger partial charge in [-0.15, -0.1) is 0 Å². The van der Waals surface area contributed by atoms with Gasteiger partial charge in [0.15, 0.2) is 0 Å². The Morgan fingerprint density at radius 3 is 2.67 bits per heavy atom. The molecule has 0 aliphatic carbocycles. The Hall–Kier alpha value is -0.380. The van der Waals surface area contributed by atoms with Crippen LogP contribution in [0.1, 0.15) is 26.2 Å². The quantitative estimate of drug-likeness (QED) is 0.627. The molecule has 72 valence electrons. The summed E-state index contributed by atoms with van der Waals surface area (Å²) in [5, 5.41) is 2.77. The molecule has 0 bridgehead atoms. The zero-order valence-electron chi connectivity index (χ0n) is 7.76. The highest BCUT2D eigenvalue weighted by Crippen LogP contribution is 1.86. The molecular weight excluding hydrogens is 174 g/mol. The van der Waals surface area contributed by atoms with Crippen LogP contribution < -0.4 is 5.32 Å². The summed E-state index contributed by atoms with van der Waals surface area (Å²) < 4.78 is 10.6. The van der Waals surface area contributed by atoms with E-state index in [4.69, 9.17) is 0 Å². The third kappa shape index (κ3) is 7.72. The van der Waals surface area contributed by atoms with Crippen molar-refractivity contribution in [2.45, 2.75) is 26.2 Å². The van der Waals surface area contributed by atoms with Crippen LogP contribution in [0.25, 0.3) is 0 Å². The highest BCUT2D eigenvalue weighted by atomic mass is 32.2. The lowest BCUT2D eigenvalue weighted by molar-refractivity contribution is -0.121. The fourth-order valence-corrected chi connectivity index (χ4v) is 1.37. The van der Waals surface area contributed by atoms with E-state index in [9.17, 15) is 9.00 Å². The largest absolute Gasteiger partial charge is 0.356 e. The van der Waals surface area contributed by atoms with Gasteiger partial charge in [-0.3, -0.25) is 9.00 Å². The van der Waals surface area contributed by atoms with Crippen LogP contribution in [-0.2, 0) is 15.6 Å². The number of amides is 1. The highest BCUT2D eigenvalue weighted by Gasteiger charge is 1.97. The Morgan fingerprint density at radius 1 is 1.50 bits per heavy atom. The first-order valence-electron chi connectivity index (χ1n) is 4.23. The van der Waals surface area contributed by atoms with Gasteiger partial charge in [-0.2, -0.15) is 0 Å². The first-order valence-corrected chi connectivity index (χ1v) is 5.96. The average Bonchev–Trinajstić information content (AvgIpc) is 1.98. The highest BCUT2D eigenvalue weighted by molar-refractivity contribution is 7.84. The van der Waals surface area contributed by atoms with Crippen molar-refractivity contribution in [3.8, 4) is 0 Å². The fraction of sp³-hybridized carbons (Fsp3) is 0.875. The summed E-state index contributed by atoms with van der Waals surface area (Å²) in [6.07, 6.45) is 3.95. The molecule has 0 aromatic carbocycles. The molecular formula is C8H17NO2S. The van der Waals surface area contributed by atoms with Gasteiger partial charge >= 0.3 is 0 Å². The van der Waals surface area contributed by atoms with Gasteiger partial charge in [-0.25, -0.2) is 0 Å². The van der Waals surface area contributed by atoms with E-state index < -0.39 is 10.8 Å². The van der Waals surface area contributed by atoms with Crippen LogP contribution in [0.4, 0.5) is 0 Å². The maximum absolute atomic E-state index is 10.9. The second-order valence-electron chi connectivity index (χ2n) is 2.73. The molecule has 1 atom stereocenters. The lowest BCUT2D eigenvalue weighted by Crippen LogP contribution is -2.24. The summed E-state index contributed by atoms with van der Waals surface area (Å²) in [5.74, 6) is 0.770. The molecule has 0 spiro atoms. The molecule has 0 aliphatic rings. The summed E-state index contributed by atoms with van der Waals surface area (Å²) >= 11 is 0. The predicted molar refractivity (Wildman–Crippen MR) is 51.5 cm³/mol. The summed E-state index contributed by atoms with van der Waals surface area (Å²) in [5.41, 5.74) is 0. The van der Waals surface area contributed by atoms with Crippen molar-refractivity contribution in [1.82, 2.24) is 5.32 Å². The van der Waals surface area contributed by atoms with Gasteiger partial charge < -0.3 is 5.32 Å². The van der Waals surface area contributed by atoms with Crippen molar-refractivity contribution in [1.29, 1.82) is 0 Å². The molecule has 12 heavy (non-hydrogen) atoms. The fourth-order valence-electron chi connectivity index (χ4n) is 0.819. The summed E-state index contributed by atoms with van der Waals surface area (Å²) in [7, 11) is -0.735. The minimum Gasteiger partial charge on any atom is -0.356 e. The van der Waals surface area contributed by atoms with E-state index in [0.29, 0.717) is 18.7 Å². The van der Waals surface area contributed by atoms with Crippen LogP contribution in [0.2, 0.25) is 0 Å². The Morgan fingerprint density at radius 2 is 2.17 bits per heavy atom. The second kappa shape index (κ2) is 7.28. The minimum atomic E-state index is -0.735. The Bertz CT molecular complexity index is 159. The molecule has 0 aromatic rings. The number of carbonyl (C=O) groups excluding carboxylic acids is 1. The number of rotatable bonds is 6. The first-order chi connectivity index (χ1) is 5.66. The third-order valence-electron chi connectivity index (χ3n) is 1.41. The third-order valence-corrected chi connectivity index (χ3v) is 2.27. The maximum atomic E-state index is 10.9. The molecule has 1 unspecified atom stereocenters. The lowest BCUT2D eigenvalue weighted by atomic mass is 10.3. The van der Waals surface area contributed by atoms with Crippen molar-refractivity contribution in [3.63, 3.8) is 0 Å². The molecule has 1 amide bonds. The maximum Gasteiger partial charge on any atom is 0.219 e. The summed E-state index contributed by atoms with van der Waals surface area (Å²) in [6.45, 7) is 2.62. The predicted octanol–water partition coefficient (Wildman–Crippen LogP) is 0.671. The molecule has 0 fully saturated rings. The van der Waals surface area contributed by atoms with Crippen molar-refractivity contribution in [2.75, 3.05) is 18.6 Å². The van der Waals surface area contributed by atoms with Crippen molar-refractivity contribution in [2.24, 2.45) is 0 Å². The number of nitrogens with one attached hydrogen (secondary N) is 1. The SMILES string of the molecule is CCCC(=O)NCCCS(C)=O. The monoisotopic (exact) mass is 191 g/mol. The van der Waals surface area contributed by atoms with Crippen LogP contribution >= 0.6 is 0 Å².